The Kier molecular flexibility index (Phi) is 5.22. The third kappa shape index (κ3) is 3.31. The third-order valence-corrected chi connectivity index (χ3v) is 3.30. The lowest BCUT2D eigenvalue weighted by Crippen LogP contribution is -2.28. The second kappa shape index (κ2) is 7.13. The number of hydrogen-bond acceptors (Lipinski definition) is 4. The quantitative estimate of drug-likeness (QED) is 0.847. The molecule has 5 nitrogen and oxygen atoms in total. The Hall–Kier alpha value is -2.27. The lowest BCUT2D eigenvalue weighted by atomic mass is 10.1. The molecule has 0 saturated heterocycles. The van der Waals surface area contributed by atoms with Crippen molar-refractivity contribution in [1.29, 1.82) is 0 Å². The first-order valence-corrected chi connectivity index (χ1v) is 7.15. The highest BCUT2D eigenvalue weighted by Gasteiger charge is 2.21. The number of aromatic nitrogens is 1. The first-order chi connectivity index (χ1) is 10.6. The number of nitrogens with zero attached hydrogens (tertiary/aromatic N) is 2. The number of halogens is 1. The molecule has 1 aromatic carbocycles. The lowest BCUT2D eigenvalue weighted by molar-refractivity contribution is 0.0988. The van der Waals surface area contributed by atoms with Crippen molar-refractivity contribution in [2.75, 3.05) is 25.7 Å². The van der Waals surface area contributed by atoms with Crippen molar-refractivity contribution in [3.8, 4) is 11.5 Å². The van der Waals surface area contributed by atoms with Gasteiger partial charge in [0.1, 0.15) is 5.75 Å². The van der Waals surface area contributed by atoms with Gasteiger partial charge in [-0.05, 0) is 37.3 Å². The Bertz CT molecular complexity index is 676. The number of anilines is 1. The van der Waals surface area contributed by atoms with E-state index in [1.807, 2.05) is 6.92 Å². The highest BCUT2D eigenvalue weighted by molar-refractivity contribution is 6.31. The topological polar surface area (TPSA) is 51.7 Å². The van der Waals surface area contributed by atoms with Gasteiger partial charge in [0.15, 0.2) is 11.6 Å². The van der Waals surface area contributed by atoms with Crippen LogP contribution >= 0.6 is 11.6 Å². The maximum Gasteiger partial charge on any atom is 0.263 e. The molecule has 0 N–H and O–H groups in total. The monoisotopic (exact) mass is 320 g/mol. The fraction of sp³-hybridized carbons (Fsp3) is 0.250. The van der Waals surface area contributed by atoms with Gasteiger partial charge in [-0.3, -0.25) is 9.69 Å². The average molecular weight is 321 g/mol. The summed E-state index contributed by atoms with van der Waals surface area (Å²) in [4.78, 5) is 18.4. The van der Waals surface area contributed by atoms with Gasteiger partial charge < -0.3 is 9.47 Å². The van der Waals surface area contributed by atoms with Gasteiger partial charge in [-0.1, -0.05) is 11.6 Å². The molecule has 2 rings (SSSR count). The van der Waals surface area contributed by atoms with Gasteiger partial charge in [0, 0.05) is 18.3 Å². The van der Waals surface area contributed by atoms with Gasteiger partial charge in [-0.15, -0.1) is 0 Å². The Balaban J connectivity index is 2.39. The normalized spacial score (nSPS) is 10.2. The standard InChI is InChI=1S/C16H17ClN2O3/c1-4-22-14-10-11(17)7-8-12(14)16(20)19(2)15-13(21-3)6-5-9-18-15/h5-10H,4H2,1-3H3. The number of pyridine rings is 1. The summed E-state index contributed by atoms with van der Waals surface area (Å²) in [6, 6.07) is 8.41. The van der Waals surface area contributed by atoms with Gasteiger partial charge in [0.2, 0.25) is 0 Å². The molecule has 2 aromatic rings. The number of ether oxygens (including phenoxy) is 2. The van der Waals surface area contributed by atoms with Crippen molar-refractivity contribution in [3.05, 3.63) is 47.1 Å². The van der Waals surface area contributed by atoms with Crippen molar-refractivity contribution in [2.45, 2.75) is 6.92 Å². The summed E-state index contributed by atoms with van der Waals surface area (Å²) < 4.78 is 10.7. The highest BCUT2D eigenvalue weighted by Crippen LogP contribution is 2.29. The summed E-state index contributed by atoms with van der Waals surface area (Å²) in [5.74, 6) is 1.15. The van der Waals surface area contributed by atoms with Crippen molar-refractivity contribution in [2.24, 2.45) is 0 Å². The molecule has 0 saturated carbocycles. The molecule has 0 fully saturated rings. The predicted molar refractivity (Wildman–Crippen MR) is 86.1 cm³/mol. The molecule has 1 amide bonds. The zero-order chi connectivity index (χ0) is 16.1. The smallest absolute Gasteiger partial charge is 0.263 e. The van der Waals surface area contributed by atoms with E-state index in [2.05, 4.69) is 4.98 Å². The molecule has 0 bridgehead atoms. The molecule has 0 aliphatic carbocycles. The first kappa shape index (κ1) is 16.1. The van der Waals surface area contributed by atoms with Crippen molar-refractivity contribution in [1.82, 2.24) is 4.98 Å². The first-order valence-electron chi connectivity index (χ1n) is 6.77. The Morgan fingerprint density at radius 2 is 2.09 bits per heavy atom. The van der Waals surface area contributed by atoms with E-state index in [0.717, 1.165) is 0 Å². The highest BCUT2D eigenvalue weighted by atomic mass is 35.5. The number of amides is 1. The van der Waals surface area contributed by atoms with Crippen LogP contribution in [0.2, 0.25) is 5.02 Å². The molecule has 0 spiro atoms. The number of carbonyl (C=O) groups excluding carboxylic acids is 1. The average Bonchev–Trinajstić information content (AvgIpc) is 2.54. The van der Waals surface area contributed by atoms with E-state index in [0.29, 0.717) is 34.5 Å². The fourth-order valence-electron chi connectivity index (χ4n) is 2.02. The van der Waals surface area contributed by atoms with Crippen molar-refractivity contribution in [3.63, 3.8) is 0 Å². The van der Waals surface area contributed by atoms with Crippen molar-refractivity contribution < 1.29 is 14.3 Å². The minimum Gasteiger partial charge on any atom is -0.493 e. The number of benzene rings is 1. The van der Waals surface area contributed by atoms with E-state index in [9.17, 15) is 4.79 Å². The molecular weight excluding hydrogens is 304 g/mol. The molecule has 0 aliphatic heterocycles. The zero-order valence-corrected chi connectivity index (χ0v) is 13.4. The van der Waals surface area contributed by atoms with Gasteiger partial charge >= 0.3 is 0 Å². The molecular formula is C16H17ClN2O3. The lowest BCUT2D eigenvalue weighted by Gasteiger charge is -2.20. The molecule has 0 atom stereocenters. The minimum atomic E-state index is -0.253. The fourth-order valence-corrected chi connectivity index (χ4v) is 2.18. The van der Waals surface area contributed by atoms with Gasteiger partial charge in [-0.25, -0.2) is 4.98 Å². The van der Waals surface area contributed by atoms with E-state index in [1.165, 1.54) is 12.0 Å². The number of carbonyl (C=O) groups is 1. The van der Waals surface area contributed by atoms with Gasteiger partial charge in [-0.2, -0.15) is 0 Å². The summed E-state index contributed by atoms with van der Waals surface area (Å²) in [6.07, 6.45) is 1.60. The van der Waals surface area contributed by atoms with E-state index in [4.69, 9.17) is 21.1 Å². The summed E-state index contributed by atoms with van der Waals surface area (Å²) >= 11 is 5.96. The van der Waals surface area contributed by atoms with Crippen LogP contribution in [0.5, 0.6) is 11.5 Å². The predicted octanol–water partition coefficient (Wildman–Crippen LogP) is 3.42. The van der Waals surface area contributed by atoms with Crippen LogP contribution in [0.3, 0.4) is 0 Å². The molecule has 0 aliphatic rings. The van der Waals surface area contributed by atoms with Crippen molar-refractivity contribution >= 4 is 23.3 Å². The van der Waals surface area contributed by atoms with E-state index in [1.54, 1.807) is 43.6 Å². The molecule has 0 radical (unpaired) electrons. The molecule has 116 valence electrons. The Labute approximate surface area is 134 Å². The third-order valence-electron chi connectivity index (χ3n) is 3.07. The summed E-state index contributed by atoms with van der Waals surface area (Å²) in [5.41, 5.74) is 0.418. The van der Waals surface area contributed by atoms with Crippen LogP contribution in [0.1, 0.15) is 17.3 Å². The SMILES string of the molecule is CCOc1cc(Cl)ccc1C(=O)N(C)c1ncccc1OC. The van der Waals surface area contributed by atoms with Crippen LogP contribution in [0.15, 0.2) is 36.5 Å². The summed E-state index contributed by atoms with van der Waals surface area (Å²) in [6.45, 7) is 2.29. The number of hydrogen-bond donors (Lipinski definition) is 0. The molecule has 6 heteroatoms. The number of rotatable bonds is 5. The van der Waals surface area contributed by atoms with Crippen LogP contribution in [0.25, 0.3) is 0 Å². The van der Waals surface area contributed by atoms with Gasteiger partial charge in [0.05, 0.1) is 19.3 Å². The molecule has 22 heavy (non-hydrogen) atoms. The maximum atomic E-state index is 12.7. The Morgan fingerprint density at radius 3 is 2.77 bits per heavy atom. The zero-order valence-electron chi connectivity index (χ0n) is 12.7. The summed E-state index contributed by atoms with van der Waals surface area (Å²) in [5, 5.41) is 0.512. The minimum absolute atomic E-state index is 0.253. The molecule has 0 unspecified atom stereocenters. The largest absolute Gasteiger partial charge is 0.493 e. The maximum absolute atomic E-state index is 12.7. The van der Waals surface area contributed by atoms with Crippen LogP contribution < -0.4 is 14.4 Å². The van der Waals surface area contributed by atoms with Crippen LogP contribution in [0.4, 0.5) is 5.82 Å². The second-order valence-corrected chi connectivity index (χ2v) is 4.90. The van der Waals surface area contributed by atoms with Gasteiger partial charge in [0.25, 0.3) is 5.91 Å². The second-order valence-electron chi connectivity index (χ2n) is 4.47. The number of methoxy groups -OCH3 is 1. The van der Waals surface area contributed by atoms with Crippen LogP contribution in [-0.2, 0) is 0 Å². The summed E-state index contributed by atoms with van der Waals surface area (Å²) in [7, 11) is 3.17. The molecule has 1 heterocycles. The Morgan fingerprint density at radius 1 is 1.32 bits per heavy atom. The molecule has 1 aromatic heterocycles. The van der Waals surface area contributed by atoms with E-state index >= 15 is 0 Å². The van der Waals surface area contributed by atoms with Crippen LogP contribution in [0, 0.1) is 0 Å². The van der Waals surface area contributed by atoms with E-state index < -0.39 is 0 Å². The van der Waals surface area contributed by atoms with Crippen LogP contribution in [-0.4, -0.2) is 31.7 Å². The van der Waals surface area contributed by atoms with E-state index in [-0.39, 0.29) is 5.91 Å².